The maximum Gasteiger partial charge on any atom is 0.337 e. The highest BCUT2D eigenvalue weighted by Crippen LogP contribution is 2.12. The predicted octanol–water partition coefficient (Wildman–Crippen LogP) is 1.10. The molecule has 0 amide bonds. The number of rotatable bonds is 2. The van der Waals surface area contributed by atoms with Crippen LogP contribution in [-0.2, 0) is 4.79 Å². The second-order valence-electron chi connectivity index (χ2n) is 2.29. The molecule has 0 radical (unpaired) electrons. The zero-order valence-electron chi connectivity index (χ0n) is 6.48. The van der Waals surface area contributed by atoms with Crippen LogP contribution in [-0.4, -0.2) is 16.2 Å². The standard InChI is InChI=1S/C8H7FO3.FH/c9-6-3-1-5(2-4-6)7(10)8(11)12;/h1-4,7,10H,(H,11,12);1H. The van der Waals surface area contributed by atoms with Gasteiger partial charge in [-0.25, -0.2) is 9.18 Å². The number of carboxylic acid groups (broad SMARTS) is 1. The molecule has 0 bridgehead atoms. The summed E-state index contributed by atoms with van der Waals surface area (Å²) in [6, 6.07) is 4.66. The Morgan fingerprint density at radius 2 is 1.77 bits per heavy atom. The van der Waals surface area contributed by atoms with Gasteiger partial charge in [-0.3, -0.25) is 4.70 Å². The Morgan fingerprint density at radius 1 is 1.31 bits per heavy atom. The number of aliphatic hydroxyl groups excluding tert-OH is 1. The Balaban J connectivity index is 0.00000144. The first-order valence-electron chi connectivity index (χ1n) is 3.27. The molecule has 1 aromatic carbocycles. The van der Waals surface area contributed by atoms with Gasteiger partial charge in [0.25, 0.3) is 0 Å². The first-order valence-corrected chi connectivity index (χ1v) is 3.27. The van der Waals surface area contributed by atoms with E-state index in [2.05, 4.69) is 0 Å². The summed E-state index contributed by atoms with van der Waals surface area (Å²) in [5.74, 6) is -1.81. The fraction of sp³-hybridized carbons (Fsp3) is 0.125. The number of halogens is 2. The Bertz CT molecular complexity index is 284. The van der Waals surface area contributed by atoms with E-state index in [1.807, 2.05) is 0 Å². The van der Waals surface area contributed by atoms with Crippen molar-refractivity contribution in [3.63, 3.8) is 0 Å². The first kappa shape index (κ1) is 11.5. The van der Waals surface area contributed by atoms with E-state index in [0.29, 0.717) is 0 Å². The SMILES string of the molecule is F.O=C(O)C(O)c1ccc(F)cc1. The zero-order valence-corrected chi connectivity index (χ0v) is 6.48. The van der Waals surface area contributed by atoms with Gasteiger partial charge >= 0.3 is 5.97 Å². The fourth-order valence-corrected chi connectivity index (χ4v) is 0.788. The molecule has 1 aromatic rings. The van der Waals surface area contributed by atoms with E-state index in [1.165, 1.54) is 12.1 Å². The molecule has 0 saturated carbocycles. The molecule has 1 unspecified atom stereocenters. The number of hydrogen-bond donors (Lipinski definition) is 2. The lowest BCUT2D eigenvalue weighted by atomic mass is 10.1. The van der Waals surface area contributed by atoms with Crippen LogP contribution in [0.1, 0.15) is 11.7 Å². The molecule has 0 fully saturated rings. The predicted molar refractivity (Wildman–Crippen MR) is 41.5 cm³/mol. The number of aliphatic hydroxyl groups is 1. The molecule has 0 aromatic heterocycles. The van der Waals surface area contributed by atoms with Gasteiger partial charge in [0.15, 0.2) is 6.10 Å². The molecule has 0 spiro atoms. The second-order valence-corrected chi connectivity index (χ2v) is 2.29. The van der Waals surface area contributed by atoms with E-state index < -0.39 is 17.9 Å². The molecule has 0 aliphatic heterocycles. The van der Waals surface area contributed by atoms with Gasteiger partial charge in [0.05, 0.1) is 0 Å². The number of carbonyl (C=O) groups is 1. The summed E-state index contributed by atoms with van der Waals surface area (Å²) in [4.78, 5) is 10.2. The Morgan fingerprint density at radius 3 is 2.15 bits per heavy atom. The average molecular weight is 190 g/mol. The second kappa shape index (κ2) is 4.51. The maximum absolute atomic E-state index is 12.3. The normalized spacial score (nSPS) is 11.5. The lowest BCUT2D eigenvalue weighted by Crippen LogP contribution is -2.10. The minimum atomic E-state index is -1.58. The van der Waals surface area contributed by atoms with Crippen molar-refractivity contribution in [2.45, 2.75) is 6.10 Å². The molecule has 0 saturated heterocycles. The Kier molecular flexibility index (Phi) is 4.00. The van der Waals surface area contributed by atoms with Gasteiger partial charge < -0.3 is 10.2 Å². The third kappa shape index (κ3) is 2.79. The van der Waals surface area contributed by atoms with Gasteiger partial charge in [-0.15, -0.1) is 0 Å². The minimum absolute atomic E-state index is 0. The molecule has 72 valence electrons. The van der Waals surface area contributed by atoms with Crippen molar-refractivity contribution in [2.24, 2.45) is 0 Å². The van der Waals surface area contributed by atoms with Crippen LogP contribution in [0.4, 0.5) is 9.09 Å². The smallest absolute Gasteiger partial charge is 0.337 e. The zero-order chi connectivity index (χ0) is 9.14. The van der Waals surface area contributed by atoms with Crippen molar-refractivity contribution in [3.8, 4) is 0 Å². The molecule has 1 rings (SSSR count). The summed E-state index contributed by atoms with van der Waals surface area (Å²) in [5.41, 5.74) is 0.170. The van der Waals surface area contributed by atoms with E-state index in [1.54, 1.807) is 0 Å². The topological polar surface area (TPSA) is 57.5 Å². The van der Waals surface area contributed by atoms with E-state index in [9.17, 15) is 9.18 Å². The third-order valence-corrected chi connectivity index (χ3v) is 1.42. The van der Waals surface area contributed by atoms with Gasteiger partial charge in [-0.1, -0.05) is 12.1 Å². The highest BCUT2D eigenvalue weighted by molar-refractivity contribution is 5.73. The molecule has 3 nitrogen and oxygen atoms in total. The highest BCUT2D eigenvalue weighted by Gasteiger charge is 2.14. The molecular weight excluding hydrogens is 182 g/mol. The van der Waals surface area contributed by atoms with E-state index in [0.717, 1.165) is 12.1 Å². The Labute approximate surface area is 72.8 Å². The summed E-state index contributed by atoms with van der Waals surface area (Å²) >= 11 is 0. The van der Waals surface area contributed by atoms with E-state index in [-0.39, 0.29) is 10.3 Å². The van der Waals surface area contributed by atoms with Crippen molar-refractivity contribution in [1.82, 2.24) is 0 Å². The molecule has 0 heterocycles. The largest absolute Gasteiger partial charge is 0.479 e. The first-order chi connectivity index (χ1) is 5.61. The highest BCUT2D eigenvalue weighted by atomic mass is 19.1. The quantitative estimate of drug-likeness (QED) is 0.734. The fourth-order valence-electron chi connectivity index (χ4n) is 0.788. The summed E-state index contributed by atoms with van der Waals surface area (Å²) in [6.07, 6.45) is -1.58. The molecule has 13 heavy (non-hydrogen) atoms. The maximum atomic E-state index is 12.3. The molecule has 5 heteroatoms. The number of benzene rings is 1. The van der Waals surface area contributed by atoms with Crippen LogP contribution in [0, 0.1) is 5.82 Å². The molecule has 0 aliphatic carbocycles. The van der Waals surface area contributed by atoms with Crippen LogP contribution in [0.5, 0.6) is 0 Å². The van der Waals surface area contributed by atoms with Crippen molar-refractivity contribution >= 4 is 5.97 Å². The summed E-state index contributed by atoms with van der Waals surface area (Å²) in [7, 11) is 0. The van der Waals surface area contributed by atoms with Gasteiger partial charge in [0.2, 0.25) is 0 Å². The molecule has 1 atom stereocenters. The van der Waals surface area contributed by atoms with Crippen LogP contribution in [0.25, 0.3) is 0 Å². The van der Waals surface area contributed by atoms with Crippen LogP contribution in [0.2, 0.25) is 0 Å². The van der Waals surface area contributed by atoms with Gasteiger partial charge in [-0.05, 0) is 17.7 Å². The molecule has 2 N–H and O–H groups in total. The van der Waals surface area contributed by atoms with Gasteiger partial charge in [0, 0.05) is 0 Å². The minimum Gasteiger partial charge on any atom is -0.479 e. The van der Waals surface area contributed by atoms with E-state index in [4.69, 9.17) is 10.2 Å². The van der Waals surface area contributed by atoms with E-state index >= 15 is 0 Å². The van der Waals surface area contributed by atoms with Crippen molar-refractivity contribution in [2.75, 3.05) is 0 Å². The number of aliphatic carboxylic acids is 1. The number of carboxylic acids is 1. The van der Waals surface area contributed by atoms with Crippen molar-refractivity contribution in [1.29, 1.82) is 0 Å². The monoisotopic (exact) mass is 190 g/mol. The number of hydrogen-bond acceptors (Lipinski definition) is 2. The van der Waals surface area contributed by atoms with Gasteiger partial charge in [0.1, 0.15) is 5.82 Å². The van der Waals surface area contributed by atoms with Crippen molar-refractivity contribution < 1.29 is 24.1 Å². The lowest BCUT2D eigenvalue weighted by molar-refractivity contribution is -0.146. The lowest BCUT2D eigenvalue weighted by Gasteiger charge is -2.03. The molecular formula is C8H8F2O3. The van der Waals surface area contributed by atoms with Crippen LogP contribution >= 0.6 is 0 Å². The summed E-state index contributed by atoms with van der Waals surface area (Å²) in [5, 5.41) is 17.3. The summed E-state index contributed by atoms with van der Waals surface area (Å²) < 4.78 is 12.3. The average Bonchev–Trinajstić information content (AvgIpc) is 2.04. The van der Waals surface area contributed by atoms with Crippen LogP contribution < -0.4 is 0 Å². The van der Waals surface area contributed by atoms with Crippen LogP contribution in [0.15, 0.2) is 24.3 Å². The van der Waals surface area contributed by atoms with Crippen LogP contribution in [0.3, 0.4) is 0 Å². The molecule has 0 aliphatic rings. The Hall–Kier alpha value is -1.49. The van der Waals surface area contributed by atoms with Gasteiger partial charge in [-0.2, -0.15) is 0 Å². The third-order valence-electron chi connectivity index (χ3n) is 1.42. The van der Waals surface area contributed by atoms with Crippen molar-refractivity contribution in [3.05, 3.63) is 35.6 Å². The summed E-state index contributed by atoms with van der Waals surface area (Å²) in [6.45, 7) is 0.